The number of ether oxygens (including phenoxy) is 1. The molecule has 3 heterocycles. The van der Waals surface area contributed by atoms with Crippen LogP contribution in [0, 0.1) is 11.7 Å². The van der Waals surface area contributed by atoms with Crippen LogP contribution in [0.5, 0.6) is 0 Å². The van der Waals surface area contributed by atoms with E-state index in [2.05, 4.69) is 5.32 Å². The summed E-state index contributed by atoms with van der Waals surface area (Å²) >= 11 is 0. The van der Waals surface area contributed by atoms with Crippen LogP contribution in [-0.2, 0) is 16.1 Å². The van der Waals surface area contributed by atoms with Crippen molar-refractivity contribution in [1.82, 2.24) is 0 Å². The van der Waals surface area contributed by atoms with E-state index in [9.17, 15) is 14.0 Å². The van der Waals surface area contributed by atoms with E-state index in [1.54, 1.807) is 12.1 Å². The van der Waals surface area contributed by atoms with Gasteiger partial charge in [0.15, 0.2) is 6.10 Å². The van der Waals surface area contributed by atoms with Gasteiger partial charge < -0.3 is 31.5 Å². The minimum atomic E-state index is -0.207. The van der Waals surface area contributed by atoms with Crippen LogP contribution in [-0.4, -0.2) is 48.5 Å². The number of carbonyl (C=O) groups excluding carboxylic acids is 2. The molecule has 3 aliphatic rings. The van der Waals surface area contributed by atoms with Gasteiger partial charge in [0.1, 0.15) is 18.9 Å². The zero-order valence-corrected chi connectivity index (χ0v) is 22.7. The van der Waals surface area contributed by atoms with Crippen molar-refractivity contribution in [3.63, 3.8) is 0 Å². The number of benzene rings is 3. The zero-order valence-electron chi connectivity index (χ0n) is 21.1. The number of quaternary nitrogens is 1. The first-order valence-electron chi connectivity index (χ1n) is 12.6. The quantitative estimate of drug-likeness (QED) is 0.270. The average Bonchev–Trinajstić information content (AvgIpc) is 2.90. The second kappa shape index (κ2) is 13.5. The molecule has 0 radical (unpaired) electrons. The number of piperidine rings is 3. The third-order valence-corrected chi connectivity index (χ3v) is 7.12. The van der Waals surface area contributed by atoms with Gasteiger partial charge in [-0.1, -0.05) is 60.7 Å². The van der Waals surface area contributed by atoms with Gasteiger partial charge in [-0.15, -0.1) is 0 Å². The molecule has 7 heteroatoms. The molecule has 1 atom stereocenters. The summed E-state index contributed by atoms with van der Waals surface area (Å²) in [5, 5.41) is 3.26. The topological polar surface area (TPSA) is 55.4 Å². The summed E-state index contributed by atoms with van der Waals surface area (Å²) < 4.78 is 18.9. The lowest BCUT2D eigenvalue weighted by Gasteiger charge is -2.51. The van der Waals surface area contributed by atoms with Crippen molar-refractivity contribution in [2.75, 3.05) is 31.5 Å². The van der Waals surface area contributed by atoms with Crippen molar-refractivity contribution in [1.29, 1.82) is 0 Å². The van der Waals surface area contributed by atoms with Crippen molar-refractivity contribution in [3.8, 4) is 0 Å². The van der Waals surface area contributed by atoms with E-state index in [-0.39, 0.29) is 40.7 Å². The first-order valence-corrected chi connectivity index (χ1v) is 12.6. The average molecular weight is 570 g/mol. The fourth-order valence-corrected chi connectivity index (χ4v) is 5.17. The minimum absolute atomic E-state index is 0. The molecule has 0 aliphatic carbocycles. The summed E-state index contributed by atoms with van der Waals surface area (Å²) in [5.74, 6) is 0.276. The fourth-order valence-electron chi connectivity index (χ4n) is 5.17. The van der Waals surface area contributed by atoms with Crippen LogP contribution in [0.25, 0.3) is 0 Å². The third kappa shape index (κ3) is 8.23. The maximum Gasteiger partial charge on any atom is 0.303 e. The van der Waals surface area contributed by atoms with Gasteiger partial charge in [0, 0.05) is 43.5 Å². The molecule has 0 saturated carbocycles. The number of hydrogen-bond donors (Lipinski definition) is 1. The molecule has 5 nitrogen and oxygen atoms in total. The normalized spacial score (nSPS) is 21.6. The minimum Gasteiger partial charge on any atom is -1.00 e. The highest BCUT2D eigenvalue weighted by Crippen LogP contribution is 2.35. The fraction of sp³-hybridized carbons (Fsp3) is 0.333. The molecule has 3 aliphatic heterocycles. The van der Waals surface area contributed by atoms with Gasteiger partial charge in [-0.2, -0.15) is 0 Å². The van der Waals surface area contributed by atoms with Crippen molar-refractivity contribution in [2.24, 2.45) is 5.92 Å². The molecule has 37 heavy (non-hydrogen) atoms. The van der Waals surface area contributed by atoms with Crippen molar-refractivity contribution in [2.45, 2.75) is 32.4 Å². The Morgan fingerprint density at radius 1 is 0.919 bits per heavy atom. The number of hydrogen-bond acceptors (Lipinski definition) is 4. The Morgan fingerprint density at radius 2 is 1.51 bits per heavy atom. The maximum atomic E-state index is 12.6. The summed E-state index contributed by atoms with van der Waals surface area (Å²) in [6.07, 6.45) is 2.11. The highest BCUT2D eigenvalue weighted by atomic mass is 79.9. The number of fused-ring (bicyclic) bond motifs is 3. The van der Waals surface area contributed by atoms with Crippen molar-refractivity contribution in [3.05, 3.63) is 102 Å². The molecular weight excluding hydrogens is 535 g/mol. The Kier molecular flexibility index (Phi) is 10.4. The lowest BCUT2D eigenvalue weighted by molar-refractivity contribution is -0.938. The molecule has 2 bridgehead atoms. The van der Waals surface area contributed by atoms with E-state index >= 15 is 0 Å². The smallest absolute Gasteiger partial charge is 0.303 e. The maximum absolute atomic E-state index is 12.6. The molecule has 1 N–H and O–H groups in total. The number of nitrogens with zero attached hydrogens (tertiary/aromatic N) is 1. The van der Waals surface area contributed by atoms with Crippen LogP contribution in [0.1, 0.15) is 35.7 Å². The lowest BCUT2D eigenvalue weighted by atomic mass is 9.83. The van der Waals surface area contributed by atoms with Crippen LogP contribution in [0.15, 0.2) is 84.9 Å². The summed E-state index contributed by atoms with van der Waals surface area (Å²) in [7, 11) is 0. The SMILES string of the molecule is CC(=O)OC1C[N+]2(CC(=O)c3ccccc3)CCC1CC2.Fc1ccc(CNc2ccccc2)cc1.[Br-]. The third-order valence-electron chi connectivity index (χ3n) is 7.12. The molecule has 196 valence electrons. The number of para-hydroxylation sites is 1. The molecule has 3 fully saturated rings. The lowest BCUT2D eigenvalue weighted by Crippen LogP contribution is -3.00. The highest BCUT2D eigenvalue weighted by Gasteiger charge is 2.48. The van der Waals surface area contributed by atoms with Gasteiger partial charge in [-0.25, -0.2) is 4.39 Å². The van der Waals surface area contributed by atoms with Crippen LogP contribution in [0.3, 0.4) is 0 Å². The van der Waals surface area contributed by atoms with E-state index in [0.29, 0.717) is 19.0 Å². The Morgan fingerprint density at radius 3 is 2.11 bits per heavy atom. The van der Waals surface area contributed by atoms with Gasteiger partial charge in [0.25, 0.3) is 0 Å². The molecular formula is C30H34BrFN2O3. The number of Topliss-reactive ketones (excluding diaryl/α,β-unsaturated/α-hetero) is 1. The molecule has 3 aromatic rings. The predicted molar refractivity (Wildman–Crippen MR) is 139 cm³/mol. The number of esters is 1. The Bertz CT molecular complexity index is 1130. The number of carbonyl (C=O) groups is 2. The monoisotopic (exact) mass is 568 g/mol. The van der Waals surface area contributed by atoms with E-state index < -0.39 is 0 Å². The predicted octanol–water partition coefficient (Wildman–Crippen LogP) is 2.48. The highest BCUT2D eigenvalue weighted by molar-refractivity contribution is 5.96. The second-order valence-corrected chi connectivity index (χ2v) is 9.75. The van der Waals surface area contributed by atoms with Gasteiger partial charge in [0.05, 0.1) is 13.1 Å². The number of rotatable bonds is 7. The van der Waals surface area contributed by atoms with E-state index in [1.807, 2.05) is 60.7 Å². The molecule has 0 amide bonds. The zero-order chi connectivity index (χ0) is 25.4. The van der Waals surface area contributed by atoms with E-state index in [4.69, 9.17) is 4.74 Å². The molecule has 1 unspecified atom stereocenters. The molecule has 3 aromatic carbocycles. The van der Waals surface area contributed by atoms with Crippen LogP contribution >= 0.6 is 0 Å². The Hall–Kier alpha value is -3.03. The van der Waals surface area contributed by atoms with Crippen LogP contribution < -0.4 is 22.3 Å². The molecule has 0 spiro atoms. The molecule has 3 saturated heterocycles. The summed E-state index contributed by atoms with van der Waals surface area (Å²) in [6, 6.07) is 25.9. The first-order chi connectivity index (χ1) is 17.4. The van der Waals surface area contributed by atoms with E-state index in [1.165, 1.54) is 19.1 Å². The summed E-state index contributed by atoms with van der Waals surface area (Å²) in [5.41, 5.74) is 2.92. The summed E-state index contributed by atoms with van der Waals surface area (Å²) in [4.78, 5) is 23.7. The van der Waals surface area contributed by atoms with E-state index in [0.717, 1.165) is 53.8 Å². The van der Waals surface area contributed by atoms with Crippen molar-refractivity contribution < 1.29 is 40.2 Å². The molecule has 0 aromatic heterocycles. The Balaban J connectivity index is 0.000000211. The Labute approximate surface area is 229 Å². The van der Waals surface area contributed by atoms with Gasteiger partial charge in [-0.05, 0) is 29.8 Å². The van der Waals surface area contributed by atoms with Crippen LogP contribution in [0.2, 0.25) is 0 Å². The van der Waals surface area contributed by atoms with Crippen LogP contribution in [0.4, 0.5) is 10.1 Å². The summed E-state index contributed by atoms with van der Waals surface area (Å²) in [6.45, 7) is 5.56. The first kappa shape index (κ1) is 28.5. The molecule has 6 rings (SSSR count). The largest absolute Gasteiger partial charge is 1.00 e. The second-order valence-electron chi connectivity index (χ2n) is 9.75. The number of anilines is 1. The number of nitrogens with one attached hydrogen (secondary N) is 1. The van der Waals surface area contributed by atoms with Gasteiger partial charge in [-0.3, -0.25) is 9.59 Å². The van der Waals surface area contributed by atoms with Crippen molar-refractivity contribution >= 4 is 17.4 Å². The number of ketones is 1. The standard InChI is InChI=1S/C17H22NO3.C13H12FN.BrH/c1-13(19)21-17-12-18(9-7-15(17)8-10-18)11-16(20)14-5-3-2-4-6-14;14-12-8-6-11(7-9-12)10-15-13-4-2-1-3-5-13;/h2-6,15,17H,7-12H2,1H3;1-9,15H,10H2;1H/q+1;;/p-1. The van der Waals surface area contributed by atoms with Gasteiger partial charge in [0.2, 0.25) is 5.78 Å². The number of halogens is 2. The van der Waals surface area contributed by atoms with Gasteiger partial charge >= 0.3 is 5.97 Å².